The Balaban J connectivity index is 1.27. The number of hydrogen-bond donors (Lipinski definition) is 0. The minimum Gasteiger partial charge on any atom is -0.368 e. The van der Waals surface area contributed by atoms with Gasteiger partial charge < -0.3 is 9.80 Å². The van der Waals surface area contributed by atoms with Crippen LogP contribution in [-0.4, -0.2) is 68.6 Å². The predicted molar refractivity (Wildman–Crippen MR) is 128 cm³/mol. The molecule has 4 rings (SSSR count). The number of piperazine rings is 1. The van der Waals surface area contributed by atoms with Crippen LogP contribution >= 0.6 is 0 Å². The minimum atomic E-state index is -3.38. The summed E-state index contributed by atoms with van der Waals surface area (Å²) in [6.45, 7) is 3.34. The highest BCUT2D eigenvalue weighted by Gasteiger charge is 2.35. The molecule has 2 aromatic rings. The first-order valence-electron chi connectivity index (χ1n) is 11.7. The van der Waals surface area contributed by atoms with Crippen LogP contribution in [0.1, 0.15) is 24.8 Å². The molecule has 2 heterocycles. The van der Waals surface area contributed by atoms with E-state index >= 15 is 0 Å². The van der Waals surface area contributed by atoms with E-state index in [1.54, 1.807) is 12.1 Å². The van der Waals surface area contributed by atoms with Crippen LogP contribution in [0.3, 0.4) is 0 Å². The van der Waals surface area contributed by atoms with E-state index in [0.29, 0.717) is 45.6 Å². The molecular weight excluding hydrogens is 441 g/mol. The van der Waals surface area contributed by atoms with Gasteiger partial charge in [-0.25, -0.2) is 17.1 Å². The summed E-state index contributed by atoms with van der Waals surface area (Å²) in [5.74, 6) is -0.374. The number of hydrogen-bond acceptors (Lipinski definition) is 4. The van der Waals surface area contributed by atoms with Crippen molar-refractivity contribution >= 4 is 21.6 Å². The van der Waals surface area contributed by atoms with E-state index in [2.05, 4.69) is 4.90 Å². The van der Waals surface area contributed by atoms with E-state index in [9.17, 15) is 17.6 Å². The monoisotopic (exact) mass is 473 g/mol. The molecule has 1 atom stereocenters. The van der Waals surface area contributed by atoms with Gasteiger partial charge in [0.2, 0.25) is 15.9 Å². The molecule has 0 aliphatic carbocycles. The van der Waals surface area contributed by atoms with Crippen molar-refractivity contribution in [1.29, 1.82) is 0 Å². The first-order valence-corrected chi connectivity index (χ1v) is 13.3. The van der Waals surface area contributed by atoms with Crippen molar-refractivity contribution in [1.82, 2.24) is 9.21 Å². The molecule has 2 aromatic carbocycles. The maximum Gasteiger partial charge on any atom is 0.227 e. The molecule has 0 saturated carbocycles. The van der Waals surface area contributed by atoms with Crippen LogP contribution in [0.25, 0.3) is 0 Å². The van der Waals surface area contributed by atoms with Crippen LogP contribution in [0.2, 0.25) is 0 Å². The number of anilines is 1. The lowest BCUT2D eigenvalue weighted by Crippen LogP contribution is -2.53. The summed E-state index contributed by atoms with van der Waals surface area (Å²) in [5.41, 5.74) is 2.09. The summed E-state index contributed by atoms with van der Waals surface area (Å²) < 4.78 is 40.5. The number of carbonyl (C=O) groups is 1. The van der Waals surface area contributed by atoms with Gasteiger partial charge in [0.25, 0.3) is 0 Å². The summed E-state index contributed by atoms with van der Waals surface area (Å²) in [4.78, 5) is 17.2. The Morgan fingerprint density at radius 3 is 2.33 bits per heavy atom. The molecule has 8 heteroatoms. The molecule has 1 amide bonds. The van der Waals surface area contributed by atoms with E-state index < -0.39 is 10.0 Å². The summed E-state index contributed by atoms with van der Waals surface area (Å²) in [6, 6.07) is 16.3. The highest BCUT2D eigenvalue weighted by Crippen LogP contribution is 2.24. The molecule has 0 unspecified atom stereocenters. The van der Waals surface area contributed by atoms with Gasteiger partial charge in [-0.15, -0.1) is 0 Å². The number of halogens is 1. The second-order valence-corrected chi connectivity index (χ2v) is 11.0. The van der Waals surface area contributed by atoms with Gasteiger partial charge in [-0.05, 0) is 55.5 Å². The Morgan fingerprint density at radius 2 is 1.64 bits per heavy atom. The van der Waals surface area contributed by atoms with Crippen LogP contribution < -0.4 is 4.90 Å². The van der Waals surface area contributed by atoms with E-state index in [0.717, 1.165) is 24.1 Å². The van der Waals surface area contributed by atoms with E-state index in [-0.39, 0.29) is 29.9 Å². The zero-order chi connectivity index (χ0) is 23.3. The Bertz CT molecular complexity index is 1020. The number of amides is 1. The number of piperidine rings is 1. The molecule has 33 heavy (non-hydrogen) atoms. The van der Waals surface area contributed by atoms with Crippen molar-refractivity contribution in [2.24, 2.45) is 5.92 Å². The van der Waals surface area contributed by atoms with Gasteiger partial charge in [-0.3, -0.25) is 4.79 Å². The fourth-order valence-corrected chi connectivity index (χ4v) is 6.31. The second-order valence-electron chi connectivity index (χ2n) is 8.89. The number of benzene rings is 2. The number of nitrogens with zero attached hydrogens (tertiary/aromatic N) is 3. The van der Waals surface area contributed by atoms with E-state index in [1.165, 1.54) is 16.4 Å². The lowest BCUT2D eigenvalue weighted by molar-refractivity contribution is -0.137. The third kappa shape index (κ3) is 6.12. The predicted octanol–water partition coefficient (Wildman–Crippen LogP) is 3.15. The van der Waals surface area contributed by atoms with Crippen molar-refractivity contribution in [3.8, 4) is 0 Å². The van der Waals surface area contributed by atoms with Gasteiger partial charge in [0.15, 0.2) is 0 Å². The Morgan fingerprint density at radius 1 is 0.939 bits per heavy atom. The Labute approximate surface area is 196 Å². The fraction of sp³-hybridized carbons (Fsp3) is 0.480. The molecular formula is C25H32FN3O3S. The number of sulfonamides is 1. The third-order valence-electron chi connectivity index (χ3n) is 6.62. The zero-order valence-electron chi connectivity index (χ0n) is 18.9. The molecule has 178 valence electrons. The average molecular weight is 474 g/mol. The van der Waals surface area contributed by atoms with Gasteiger partial charge >= 0.3 is 0 Å². The van der Waals surface area contributed by atoms with E-state index in [4.69, 9.17) is 0 Å². The zero-order valence-corrected chi connectivity index (χ0v) is 19.7. The van der Waals surface area contributed by atoms with Crippen molar-refractivity contribution in [2.45, 2.75) is 25.7 Å². The molecule has 6 nitrogen and oxygen atoms in total. The second kappa shape index (κ2) is 10.7. The fourth-order valence-electron chi connectivity index (χ4n) is 4.72. The van der Waals surface area contributed by atoms with Crippen molar-refractivity contribution in [3.05, 3.63) is 66.0 Å². The van der Waals surface area contributed by atoms with E-state index in [1.807, 2.05) is 35.2 Å². The molecule has 2 fully saturated rings. The molecule has 0 N–H and O–H groups in total. The molecule has 2 saturated heterocycles. The highest BCUT2D eigenvalue weighted by atomic mass is 32.2. The summed E-state index contributed by atoms with van der Waals surface area (Å²) in [7, 11) is -3.38. The summed E-state index contributed by atoms with van der Waals surface area (Å²) in [6.07, 6.45) is 2.75. The van der Waals surface area contributed by atoms with Gasteiger partial charge in [0.1, 0.15) is 5.82 Å². The molecule has 0 radical (unpaired) electrons. The van der Waals surface area contributed by atoms with Crippen LogP contribution in [0.4, 0.5) is 10.1 Å². The highest BCUT2D eigenvalue weighted by molar-refractivity contribution is 7.89. The van der Waals surface area contributed by atoms with Crippen molar-refractivity contribution < 1.29 is 17.6 Å². The largest absolute Gasteiger partial charge is 0.368 e. The number of carbonyl (C=O) groups excluding carboxylic acids is 1. The molecule has 0 spiro atoms. The molecule has 2 aliphatic rings. The van der Waals surface area contributed by atoms with Crippen LogP contribution in [0, 0.1) is 11.7 Å². The number of rotatable bonds is 7. The lowest BCUT2D eigenvalue weighted by Gasteiger charge is -2.39. The van der Waals surface area contributed by atoms with Crippen LogP contribution in [-0.2, 0) is 21.2 Å². The average Bonchev–Trinajstić information content (AvgIpc) is 2.85. The van der Waals surface area contributed by atoms with Crippen LogP contribution in [0.15, 0.2) is 54.6 Å². The lowest BCUT2D eigenvalue weighted by atomic mass is 9.97. The first kappa shape index (κ1) is 23.7. The van der Waals surface area contributed by atoms with Crippen LogP contribution in [0.5, 0.6) is 0 Å². The maximum atomic E-state index is 13.2. The SMILES string of the molecule is O=C([C@@H]1CCCN(S(=O)(=O)CCCc2ccccc2)C1)N1CCN(c2ccc(F)cc2)CC1. The maximum absolute atomic E-state index is 13.2. The van der Waals surface area contributed by atoms with Gasteiger partial charge in [-0.2, -0.15) is 0 Å². The Hall–Kier alpha value is -2.45. The first-order chi connectivity index (χ1) is 15.9. The third-order valence-corrected chi connectivity index (χ3v) is 8.54. The summed E-state index contributed by atoms with van der Waals surface area (Å²) in [5, 5.41) is 0. The topological polar surface area (TPSA) is 60.9 Å². The minimum absolute atomic E-state index is 0.0536. The van der Waals surface area contributed by atoms with Gasteiger partial charge in [0.05, 0.1) is 11.7 Å². The van der Waals surface area contributed by atoms with Crippen molar-refractivity contribution in [2.75, 3.05) is 49.9 Å². The molecule has 0 bridgehead atoms. The van der Waals surface area contributed by atoms with Gasteiger partial charge in [0, 0.05) is 45.0 Å². The smallest absolute Gasteiger partial charge is 0.227 e. The van der Waals surface area contributed by atoms with Crippen molar-refractivity contribution in [3.63, 3.8) is 0 Å². The Kier molecular flexibility index (Phi) is 7.65. The molecule has 0 aromatic heterocycles. The molecule has 2 aliphatic heterocycles. The van der Waals surface area contributed by atoms with Gasteiger partial charge in [-0.1, -0.05) is 30.3 Å². The number of aryl methyl sites for hydroxylation is 1. The normalized spacial score (nSPS) is 20.1. The summed E-state index contributed by atoms with van der Waals surface area (Å²) >= 11 is 0. The standard InChI is InChI=1S/C25H32FN3O3S/c26-23-10-12-24(13-11-23)27-15-17-28(18-16-27)25(30)22-9-4-14-29(20-22)33(31,32)19-5-8-21-6-2-1-3-7-21/h1-3,6-7,10-13,22H,4-5,8-9,14-20H2/t22-/m1/s1. The quantitative estimate of drug-likeness (QED) is 0.620.